The van der Waals surface area contributed by atoms with E-state index in [4.69, 9.17) is 19.9 Å². The van der Waals surface area contributed by atoms with Crippen LogP contribution in [0.1, 0.15) is 48.0 Å². The molecule has 2 unspecified atom stereocenters. The summed E-state index contributed by atoms with van der Waals surface area (Å²) in [4.78, 5) is 55.5. The topological polar surface area (TPSA) is 224 Å². The lowest BCUT2D eigenvalue weighted by Gasteiger charge is -2.35. The van der Waals surface area contributed by atoms with Crippen LogP contribution < -0.4 is 11.4 Å². The maximum Gasteiger partial charge on any atom is 0.350 e. The number of nitrogens with zero attached hydrogens (tertiary/aromatic N) is 3. The maximum absolute atomic E-state index is 13.1. The minimum absolute atomic E-state index is 0.133. The fourth-order valence-electron chi connectivity index (χ4n) is 3.88. The smallest absolute Gasteiger partial charge is 0.350 e. The zero-order valence-electron chi connectivity index (χ0n) is 23.5. The standard InChI is InChI=1S/C26H38N4O10/c1-23(2,12-31)19(34)38-10-15-9-26(11-27,30-8-7-16(28)29-22(30)37)18(40-21(36)25(5,6)14-33)17(15)39-20(35)24(3,4)13-32/h7-8,15,17-18,31-33H,9-10,12-14H2,1-6H3,(H2,28,29,37)/t15-,17?,18?,26+/m1/s1. The van der Waals surface area contributed by atoms with Gasteiger partial charge in [0.15, 0.2) is 11.6 Å². The van der Waals surface area contributed by atoms with Crippen molar-refractivity contribution < 1.29 is 43.9 Å². The molecule has 0 aliphatic heterocycles. The van der Waals surface area contributed by atoms with Gasteiger partial charge in [-0.2, -0.15) is 10.2 Å². The van der Waals surface area contributed by atoms with Crippen molar-refractivity contribution in [2.45, 2.75) is 65.7 Å². The molecular formula is C26H38N4O10. The van der Waals surface area contributed by atoms with Crippen molar-refractivity contribution in [1.82, 2.24) is 9.55 Å². The van der Waals surface area contributed by atoms with Crippen molar-refractivity contribution in [1.29, 1.82) is 5.26 Å². The van der Waals surface area contributed by atoms with Crippen LogP contribution in [0.25, 0.3) is 0 Å². The van der Waals surface area contributed by atoms with Crippen LogP contribution in [0.4, 0.5) is 5.82 Å². The van der Waals surface area contributed by atoms with E-state index in [0.29, 0.717) is 0 Å². The van der Waals surface area contributed by atoms with Gasteiger partial charge in [-0.15, -0.1) is 0 Å². The lowest BCUT2D eigenvalue weighted by atomic mass is 9.92. The van der Waals surface area contributed by atoms with Crippen molar-refractivity contribution in [3.8, 4) is 6.07 Å². The SMILES string of the molecule is CC(C)(CO)C(=O)OC[C@H]1C[C@@](C#N)(n2ccc(N)nc2=O)C(OC(=O)C(C)(C)CO)C1OC(=O)C(C)(C)CO. The highest BCUT2D eigenvalue weighted by molar-refractivity contribution is 5.78. The van der Waals surface area contributed by atoms with Crippen LogP contribution in [0, 0.1) is 33.5 Å². The lowest BCUT2D eigenvalue weighted by Crippen LogP contribution is -2.53. The number of nitriles is 1. The number of ether oxygens (including phenoxy) is 3. The Balaban J connectivity index is 2.72. The van der Waals surface area contributed by atoms with Crippen molar-refractivity contribution in [3.05, 3.63) is 22.7 Å². The van der Waals surface area contributed by atoms with Gasteiger partial charge in [-0.3, -0.25) is 19.0 Å². The molecule has 0 spiro atoms. The number of hydrogen-bond donors (Lipinski definition) is 4. The highest BCUT2D eigenvalue weighted by Crippen LogP contribution is 2.45. The quantitative estimate of drug-likeness (QED) is 0.196. The van der Waals surface area contributed by atoms with E-state index in [9.17, 15) is 39.8 Å². The Hall–Kier alpha value is -3.54. The molecule has 40 heavy (non-hydrogen) atoms. The number of anilines is 1. The van der Waals surface area contributed by atoms with E-state index in [-0.39, 0.29) is 12.2 Å². The minimum Gasteiger partial charge on any atom is -0.465 e. The average Bonchev–Trinajstić information content (AvgIpc) is 3.19. The molecule has 4 atom stereocenters. The Morgan fingerprint density at radius 3 is 2.00 bits per heavy atom. The Kier molecular flexibility index (Phi) is 9.73. The number of hydrogen-bond acceptors (Lipinski definition) is 13. The molecule has 1 aromatic rings. The van der Waals surface area contributed by atoms with Crippen molar-refractivity contribution in [3.63, 3.8) is 0 Å². The first-order valence-corrected chi connectivity index (χ1v) is 12.6. The zero-order chi connectivity index (χ0) is 30.7. The van der Waals surface area contributed by atoms with E-state index >= 15 is 0 Å². The molecule has 0 amide bonds. The van der Waals surface area contributed by atoms with Crippen molar-refractivity contribution in [2.24, 2.45) is 22.2 Å². The molecule has 1 fully saturated rings. The van der Waals surface area contributed by atoms with Crippen LogP contribution >= 0.6 is 0 Å². The summed E-state index contributed by atoms with van der Waals surface area (Å²) in [5.41, 5.74) is -1.47. The molecule has 2 rings (SSSR count). The van der Waals surface area contributed by atoms with E-state index in [2.05, 4.69) is 4.98 Å². The lowest BCUT2D eigenvalue weighted by molar-refractivity contribution is -0.186. The molecule has 222 valence electrons. The fraction of sp³-hybridized carbons (Fsp3) is 0.692. The van der Waals surface area contributed by atoms with Crippen LogP contribution in [0.15, 0.2) is 17.1 Å². The molecular weight excluding hydrogens is 528 g/mol. The summed E-state index contributed by atoms with van der Waals surface area (Å²) in [5.74, 6) is -3.79. The fourth-order valence-corrected chi connectivity index (χ4v) is 3.88. The summed E-state index contributed by atoms with van der Waals surface area (Å²) in [6.45, 7) is 6.30. The second-order valence-electron chi connectivity index (χ2n) is 11.9. The molecule has 1 aromatic heterocycles. The van der Waals surface area contributed by atoms with Crippen molar-refractivity contribution >= 4 is 23.7 Å². The predicted octanol–water partition coefficient (Wildman–Crippen LogP) is -0.513. The molecule has 14 nitrogen and oxygen atoms in total. The van der Waals surface area contributed by atoms with E-state index in [1.165, 1.54) is 53.8 Å². The number of carbonyl (C=O) groups is 3. The van der Waals surface area contributed by atoms with Crippen LogP contribution in [-0.4, -0.2) is 81.4 Å². The number of aliphatic hydroxyl groups excluding tert-OH is 3. The maximum atomic E-state index is 13.1. The van der Waals surface area contributed by atoms with Crippen molar-refractivity contribution in [2.75, 3.05) is 32.2 Å². The average molecular weight is 567 g/mol. The van der Waals surface area contributed by atoms with Gasteiger partial charge in [0.05, 0.1) is 48.7 Å². The summed E-state index contributed by atoms with van der Waals surface area (Å²) in [6, 6.07) is 3.27. The Morgan fingerprint density at radius 1 is 1.02 bits per heavy atom. The molecule has 1 aliphatic carbocycles. The van der Waals surface area contributed by atoms with Crippen LogP contribution in [0.2, 0.25) is 0 Å². The third-order valence-corrected chi connectivity index (χ3v) is 7.01. The molecule has 0 radical (unpaired) electrons. The molecule has 0 bridgehead atoms. The first-order valence-electron chi connectivity index (χ1n) is 12.6. The normalized spacial score (nSPS) is 23.2. The summed E-state index contributed by atoms with van der Waals surface area (Å²) < 4.78 is 17.8. The number of aromatic nitrogens is 2. The van der Waals surface area contributed by atoms with Crippen LogP contribution in [0.3, 0.4) is 0 Å². The molecule has 1 saturated carbocycles. The van der Waals surface area contributed by atoms with E-state index in [0.717, 1.165) is 4.57 Å². The Bertz CT molecular complexity index is 1220. The van der Waals surface area contributed by atoms with Gasteiger partial charge >= 0.3 is 23.6 Å². The summed E-state index contributed by atoms with van der Waals surface area (Å²) in [5, 5.41) is 39.5. The number of nitrogens with two attached hydrogens (primary N) is 1. The number of nitrogen functional groups attached to an aromatic ring is 1. The van der Waals surface area contributed by atoms with Gasteiger partial charge < -0.3 is 35.3 Å². The summed E-state index contributed by atoms with van der Waals surface area (Å²) in [6.07, 6.45) is -2.22. The third kappa shape index (κ3) is 6.43. The van der Waals surface area contributed by atoms with Gasteiger partial charge in [-0.25, -0.2) is 4.79 Å². The molecule has 1 heterocycles. The Morgan fingerprint density at radius 2 is 1.52 bits per heavy atom. The van der Waals surface area contributed by atoms with Gasteiger partial charge in [0.25, 0.3) is 0 Å². The molecule has 5 N–H and O–H groups in total. The first-order chi connectivity index (χ1) is 18.4. The molecule has 0 saturated heterocycles. The van der Waals surface area contributed by atoms with Crippen LogP contribution in [0.5, 0.6) is 0 Å². The Labute approximate surface area is 231 Å². The van der Waals surface area contributed by atoms with Gasteiger partial charge in [0, 0.05) is 12.1 Å². The molecule has 14 heteroatoms. The first kappa shape index (κ1) is 32.7. The minimum atomic E-state index is -2.02. The summed E-state index contributed by atoms with van der Waals surface area (Å²) in [7, 11) is 0. The van der Waals surface area contributed by atoms with Crippen LogP contribution in [-0.2, 0) is 34.1 Å². The van der Waals surface area contributed by atoms with E-state index in [1.807, 2.05) is 6.07 Å². The molecule has 0 aromatic carbocycles. The van der Waals surface area contributed by atoms with Gasteiger partial charge in [0.2, 0.25) is 0 Å². The highest BCUT2D eigenvalue weighted by Gasteiger charge is 2.61. The number of esters is 3. The largest absolute Gasteiger partial charge is 0.465 e. The predicted molar refractivity (Wildman–Crippen MR) is 138 cm³/mol. The number of carbonyl (C=O) groups excluding carboxylic acids is 3. The van der Waals surface area contributed by atoms with Gasteiger partial charge in [-0.1, -0.05) is 0 Å². The second-order valence-corrected chi connectivity index (χ2v) is 11.9. The van der Waals surface area contributed by atoms with E-state index in [1.54, 1.807) is 0 Å². The van der Waals surface area contributed by atoms with Gasteiger partial charge in [-0.05, 0) is 54.0 Å². The number of rotatable bonds is 11. The third-order valence-electron chi connectivity index (χ3n) is 7.01. The summed E-state index contributed by atoms with van der Waals surface area (Å²) >= 11 is 0. The number of aliphatic hydroxyl groups is 3. The molecule has 1 aliphatic rings. The van der Waals surface area contributed by atoms with E-state index < -0.39 is 89.9 Å². The monoisotopic (exact) mass is 566 g/mol. The second kappa shape index (κ2) is 11.9. The zero-order valence-corrected chi connectivity index (χ0v) is 23.5. The van der Waals surface area contributed by atoms with Gasteiger partial charge in [0.1, 0.15) is 11.9 Å². The highest BCUT2D eigenvalue weighted by atomic mass is 16.6.